The van der Waals surface area contributed by atoms with Crippen LogP contribution in [0.4, 0.5) is 0 Å². The van der Waals surface area contributed by atoms with Crippen LogP contribution < -0.4 is 0 Å². The predicted molar refractivity (Wildman–Crippen MR) is 59.0 cm³/mol. The van der Waals surface area contributed by atoms with E-state index in [1.54, 1.807) is 0 Å². The normalized spacial score (nSPS) is 9.47. The van der Waals surface area contributed by atoms with E-state index in [2.05, 4.69) is 38.1 Å². The molecule has 0 nitrogen and oxygen atoms in total. The van der Waals surface area contributed by atoms with E-state index in [0.29, 0.717) is 0 Å². The van der Waals surface area contributed by atoms with Crippen molar-refractivity contribution in [1.29, 1.82) is 0 Å². The topological polar surface area (TPSA) is 0 Å². The average Bonchev–Trinajstić information content (AvgIpc) is 2.20. The molecule has 0 saturated carbocycles. The molecule has 0 atom stereocenters. The second kappa shape index (κ2) is 5.28. The van der Waals surface area contributed by atoms with E-state index < -0.39 is 0 Å². The molecule has 74 valence electrons. The Hall–Kier alpha value is -0.872. The maximum absolute atomic E-state index is 3.26. The molecule has 0 saturated heterocycles. The van der Waals surface area contributed by atoms with Gasteiger partial charge in [0, 0.05) is 0 Å². The zero-order valence-corrected chi connectivity index (χ0v) is 11.8. The third-order valence-electron chi connectivity index (χ3n) is 2.38. The van der Waals surface area contributed by atoms with Crippen LogP contribution in [0.1, 0.15) is 11.1 Å². The van der Waals surface area contributed by atoms with Gasteiger partial charge in [-0.05, 0) is 0 Å². The first-order valence-corrected chi connectivity index (χ1v) is 4.74. The SMILES string of the molecule is Cc1ccc[c-]c1-c1[c-]cccc1C.[W+2]. The second-order valence-corrected chi connectivity index (χ2v) is 3.46. The molecule has 1 heteroatoms. The molecule has 0 aliphatic rings. The fourth-order valence-corrected chi connectivity index (χ4v) is 1.58. The first kappa shape index (κ1) is 12.2. The van der Waals surface area contributed by atoms with Crippen molar-refractivity contribution in [3.63, 3.8) is 0 Å². The monoisotopic (exact) mass is 364 g/mol. The molecule has 0 aliphatic heterocycles. The Morgan fingerprint density at radius 1 is 0.800 bits per heavy atom. The van der Waals surface area contributed by atoms with Crippen LogP contribution in [0.2, 0.25) is 0 Å². The Labute approximate surface area is 106 Å². The van der Waals surface area contributed by atoms with Crippen LogP contribution in [0.3, 0.4) is 0 Å². The van der Waals surface area contributed by atoms with E-state index in [4.69, 9.17) is 0 Å². The van der Waals surface area contributed by atoms with Crippen LogP contribution in [0.25, 0.3) is 11.1 Å². The van der Waals surface area contributed by atoms with Crippen molar-refractivity contribution in [2.45, 2.75) is 13.8 Å². The van der Waals surface area contributed by atoms with E-state index >= 15 is 0 Å². The minimum absolute atomic E-state index is 0. The molecule has 0 aromatic heterocycles. The Balaban J connectivity index is 0.00000112. The molecule has 2 rings (SSSR count). The van der Waals surface area contributed by atoms with Gasteiger partial charge in [-0.2, -0.15) is 47.5 Å². The Kier molecular flexibility index (Phi) is 4.29. The minimum atomic E-state index is 0. The van der Waals surface area contributed by atoms with Gasteiger partial charge < -0.3 is 0 Å². The summed E-state index contributed by atoms with van der Waals surface area (Å²) in [5.74, 6) is 0. The first-order valence-electron chi connectivity index (χ1n) is 4.74. The molecule has 0 heterocycles. The van der Waals surface area contributed by atoms with Crippen LogP contribution in [0.5, 0.6) is 0 Å². The Morgan fingerprint density at radius 3 is 1.53 bits per heavy atom. The molecule has 15 heavy (non-hydrogen) atoms. The largest absolute Gasteiger partial charge is 2.00 e. The molecule has 0 fully saturated rings. The zero-order chi connectivity index (χ0) is 9.97. The zero-order valence-electron chi connectivity index (χ0n) is 8.87. The van der Waals surface area contributed by atoms with E-state index in [9.17, 15) is 0 Å². The summed E-state index contributed by atoms with van der Waals surface area (Å²) in [6, 6.07) is 18.6. The van der Waals surface area contributed by atoms with Crippen LogP contribution in [0.15, 0.2) is 36.4 Å². The summed E-state index contributed by atoms with van der Waals surface area (Å²) in [4.78, 5) is 0. The van der Waals surface area contributed by atoms with Crippen molar-refractivity contribution in [2.75, 3.05) is 0 Å². The van der Waals surface area contributed by atoms with Gasteiger partial charge >= 0.3 is 21.1 Å². The summed E-state index contributed by atoms with van der Waals surface area (Å²) in [6.07, 6.45) is 0. The molecule has 0 N–H and O–H groups in total. The van der Waals surface area contributed by atoms with E-state index in [1.165, 1.54) is 11.1 Å². The molecule has 0 aliphatic carbocycles. The molecule has 2 aromatic rings. The van der Waals surface area contributed by atoms with Crippen molar-refractivity contribution < 1.29 is 21.1 Å². The van der Waals surface area contributed by atoms with Gasteiger partial charge in [-0.25, -0.2) is 11.1 Å². The average molecular weight is 364 g/mol. The van der Waals surface area contributed by atoms with Gasteiger partial charge in [-0.15, -0.1) is 12.1 Å². The summed E-state index contributed by atoms with van der Waals surface area (Å²) in [7, 11) is 0. The van der Waals surface area contributed by atoms with Crippen molar-refractivity contribution in [2.24, 2.45) is 0 Å². The van der Waals surface area contributed by atoms with Gasteiger partial charge in [0.15, 0.2) is 0 Å². The predicted octanol–water partition coefficient (Wildman–Crippen LogP) is 3.57. The van der Waals surface area contributed by atoms with Crippen LogP contribution >= 0.6 is 0 Å². The van der Waals surface area contributed by atoms with E-state index in [-0.39, 0.29) is 21.1 Å². The van der Waals surface area contributed by atoms with Gasteiger partial charge in [0.2, 0.25) is 0 Å². The molecule has 0 unspecified atom stereocenters. The van der Waals surface area contributed by atoms with Gasteiger partial charge in [0.25, 0.3) is 0 Å². The molecule has 2 aromatic carbocycles. The summed E-state index contributed by atoms with van der Waals surface area (Å²) in [6.45, 7) is 4.21. The van der Waals surface area contributed by atoms with Crippen molar-refractivity contribution >= 4 is 0 Å². The molecular formula is C14H12W. The van der Waals surface area contributed by atoms with Gasteiger partial charge in [-0.1, -0.05) is 13.8 Å². The number of hydrogen-bond donors (Lipinski definition) is 0. The number of aryl methyl sites for hydroxylation is 2. The van der Waals surface area contributed by atoms with E-state index in [1.807, 2.05) is 24.3 Å². The van der Waals surface area contributed by atoms with Gasteiger partial charge in [0.05, 0.1) is 0 Å². The summed E-state index contributed by atoms with van der Waals surface area (Å²) >= 11 is 0. The van der Waals surface area contributed by atoms with Gasteiger partial charge in [-0.3, -0.25) is 0 Å². The maximum atomic E-state index is 3.26. The van der Waals surface area contributed by atoms with Crippen molar-refractivity contribution in [3.05, 3.63) is 59.7 Å². The van der Waals surface area contributed by atoms with E-state index in [0.717, 1.165) is 11.1 Å². The Bertz CT molecular complexity index is 403. The fraction of sp³-hybridized carbons (Fsp3) is 0.143. The second-order valence-electron chi connectivity index (χ2n) is 3.46. The number of hydrogen-bond acceptors (Lipinski definition) is 0. The standard InChI is InChI=1S/C14H12.W/c1-11-7-3-5-9-13(11)14-10-6-4-8-12(14)2;/h3-8H,1-2H3;/q-2;+2. The number of benzene rings is 2. The molecule has 0 spiro atoms. The summed E-state index contributed by atoms with van der Waals surface area (Å²) in [5, 5.41) is 0. The minimum Gasteiger partial charge on any atom is -0.223 e. The molecule has 0 amide bonds. The third-order valence-corrected chi connectivity index (χ3v) is 2.38. The van der Waals surface area contributed by atoms with Crippen LogP contribution in [0, 0.1) is 26.0 Å². The molecule has 0 bridgehead atoms. The van der Waals surface area contributed by atoms with Crippen molar-refractivity contribution in [1.82, 2.24) is 0 Å². The number of rotatable bonds is 1. The van der Waals surface area contributed by atoms with Crippen LogP contribution in [-0.4, -0.2) is 0 Å². The molecule has 0 radical (unpaired) electrons. The third kappa shape index (κ3) is 2.57. The van der Waals surface area contributed by atoms with Crippen molar-refractivity contribution in [3.8, 4) is 11.1 Å². The Morgan fingerprint density at radius 2 is 1.20 bits per heavy atom. The van der Waals surface area contributed by atoms with Gasteiger partial charge in [0.1, 0.15) is 0 Å². The smallest absolute Gasteiger partial charge is 0.223 e. The molecular weight excluding hydrogens is 352 g/mol. The summed E-state index contributed by atoms with van der Waals surface area (Å²) < 4.78 is 0. The summed E-state index contributed by atoms with van der Waals surface area (Å²) in [5.41, 5.74) is 4.81. The quantitative estimate of drug-likeness (QED) is 0.679. The van der Waals surface area contributed by atoms with Crippen LogP contribution in [-0.2, 0) is 21.1 Å². The maximum Gasteiger partial charge on any atom is 2.00 e. The fourth-order valence-electron chi connectivity index (χ4n) is 1.58. The first-order chi connectivity index (χ1) is 6.79.